The molecule has 0 aliphatic heterocycles. The minimum absolute atomic E-state index is 0.572. The van der Waals surface area contributed by atoms with Crippen molar-refractivity contribution in [3.8, 4) is 0 Å². The summed E-state index contributed by atoms with van der Waals surface area (Å²) in [6, 6.07) is 3.81. The lowest BCUT2D eigenvalue weighted by Crippen LogP contribution is -2.15. The van der Waals surface area contributed by atoms with Crippen molar-refractivity contribution < 1.29 is 0 Å². The van der Waals surface area contributed by atoms with Crippen molar-refractivity contribution in [3.63, 3.8) is 0 Å². The minimum Gasteiger partial charge on any atom is -0.384 e. The van der Waals surface area contributed by atoms with E-state index in [-0.39, 0.29) is 0 Å². The highest BCUT2D eigenvalue weighted by Crippen LogP contribution is 2.12. The fraction of sp³-hybridized carbons (Fsp3) is 0.375. The first-order valence-corrected chi connectivity index (χ1v) is 3.66. The van der Waals surface area contributed by atoms with Crippen LogP contribution in [0.2, 0.25) is 0 Å². The summed E-state index contributed by atoms with van der Waals surface area (Å²) in [5.41, 5.74) is 6.62. The van der Waals surface area contributed by atoms with Gasteiger partial charge in [-0.05, 0) is 13.0 Å². The van der Waals surface area contributed by atoms with Crippen LogP contribution in [-0.2, 0) is 0 Å². The summed E-state index contributed by atoms with van der Waals surface area (Å²) in [7, 11) is 2.02. The van der Waals surface area contributed by atoms with Crippen LogP contribution in [-0.4, -0.2) is 18.6 Å². The van der Waals surface area contributed by atoms with E-state index in [0.717, 1.165) is 12.2 Å². The highest BCUT2D eigenvalue weighted by atomic mass is 15.1. The van der Waals surface area contributed by atoms with E-state index in [4.69, 9.17) is 5.73 Å². The van der Waals surface area contributed by atoms with E-state index in [1.54, 1.807) is 6.20 Å². The van der Waals surface area contributed by atoms with Gasteiger partial charge < -0.3 is 10.6 Å². The van der Waals surface area contributed by atoms with Crippen molar-refractivity contribution >= 4 is 11.5 Å². The van der Waals surface area contributed by atoms with E-state index >= 15 is 0 Å². The number of hydrogen-bond donors (Lipinski definition) is 1. The smallest absolute Gasteiger partial charge is 0.125 e. The molecule has 0 spiro atoms. The van der Waals surface area contributed by atoms with Crippen LogP contribution >= 0.6 is 0 Å². The molecule has 0 aliphatic carbocycles. The summed E-state index contributed by atoms with van der Waals surface area (Å²) in [5, 5.41) is 0. The van der Waals surface area contributed by atoms with Gasteiger partial charge in [0.25, 0.3) is 0 Å². The molecular formula is C8H13N3. The second-order valence-electron chi connectivity index (χ2n) is 2.45. The quantitative estimate of drug-likeness (QED) is 0.688. The Morgan fingerprint density at radius 1 is 1.64 bits per heavy atom. The van der Waals surface area contributed by atoms with Crippen LogP contribution in [0.4, 0.5) is 11.5 Å². The fourth-order valence-electron chi connectivity index (χ4n) is 0.857. The molecule has 0 atom stereocenters. The molecule has 0 saturated heterocycles. The summed E-state index contributed by atoms with van der Waals surface area (Å²) in [5.74, 6) is 0.572. The topological polar surface area (TPSA) is 42.2 Å². The first-order valence-electron chi connectivity index (χ1n) is 3.66. The Balaban J connectivity index is 2.86. The molecule has 11 heavy (non-hydrogen) atoms. The maximum Gasteiger partial charge on any atom is 0.125 e. The van der Waals surface area contributed by atoms with Crippen LogP contribution in [0.5, 0.6) is 0 Å². The zero-order valence-electron chi connectivity index (χ0n) is 6.91. The number of pyridine rings is 1. The number of nitrogen functional groups attached to an aromatic ring is 1. The molecule has 2 N–H and O–H groups in total. The van der Waals surface area contributed by atoms with E-state index < -0.39 is 0 Å². The van der Waals surface area contributed by atoms with E-state index in [1.807, 2.05) is 19.2 Å². The van der Waals surface area contributed by atoms with Gasteiger partial charge in [-0.3, -0.25) is 0 Å². The number of rotatable bonds is 2. The molecule has 1 aromatic heterocycles. The van der Waals surface area contributed by atoms with Crippen LogP contribution in [0.15, 0.2) is 18.3 Å². The Bertz CT molecular complexity index is 235. The Hall–Kier alpha value is -1.25. The molecule has 0 fully saturated rings. The van der Waals surface area contributed by atoms with E-state index in [2.05, 4.69) is 16.8 Å². The third kappa shape index (κ3) is 1.83. The zero-order chi connectivity index (χ0) is 8.27. The summed E-state index contributed by atoms with van der Waals surface area (Å²) in [6.07, 6.45) is 1.72. The van der Waals surface area contributed by atoms with Gasteiger partial charge in [-0.25, -0.2) is 4.98 Å². The predicted molar refractivity (Wildman–Crippen MR) is 47.6 cm³/mol. The lowest BCUT2D eigenvalue weighted by atomic mass is 10.3. The molecule has 0 saturated carbocycles. The van der Waals surface area contributed by atoms with E-state index in [0.29, 0.717) is 5.82 Å². The van der Waals surface area contributed by atoms with Crippen LogP contribution in [0.1, 0.15) is 6.92 Å². The van der Waals surface area contributed by atoms with Crippen LogP contribution in [0.3, 0.4) is 0 Å². The van der Waals surface area contributed by atoms with Crippen molar-refractivity contribution in [1.29, 1.82) is 0 Å². The minimum atomic E-state index is 0.572. The average Bonchev–Trinajstić information content (AvgIpc) is 2.03. The van der Waals surface area contributed by atoms with Gasteiger partial charge in [-0.15, -0.1) is 0 Å². The molecular weight excluding hydrogens is 138 g/mol. The first-order chi connectivity index (χ1) is 5.24. The number of hydrogen-bond acceptors (Lipinski definition) is 3. The molecule has 1 aromatic rings. The lowest BCUT2D eigenvalue weighted by molar-refractivity contribution is 0.966. The average molecular weight is 151 g/mol. The molecule has 1 heterocycles. The van der Waals surface area contributed by atoms with Crippen molar-refractivity contribution in [2.45, 2.75) is 6.92 Å². The summed E-state index contributed by atoms with van der Waals surface area (Å²) >= 11 is 0. The standard InChI is InChI=1S/C8H13N3/c1-3-11(2)7-4-5-10-8(9)6-7/h4-6H,3H2,1-2H3,(H2,9,10). The van der Waals surface area contributed by atoms with Crippen molar-refractivity contribution in [1.82, 2.24) is 4.98 Å². The molecule has 0 aliphatic rings. The van der Waals surface area contributed by atoms with E-state index in [1.165, 1.54) is 0 Å². The van der Waals surface area contributed by atoms with Gasteiger partial charge in [-0.2, -0.15) is 0 Å². The number of nitrogens with zero attached hydrogens (tertiary/aromatic N) is 2. The van der Waals surface area contributed by atoms with Gasteiger partial charge in [-0.1, -0.05) is 0 Å². The van der Waals surface area contributed by atoms with Gasteiger partial charge in [0.15, 0.2) is 0 Å². The number of nitrogens with two attached hydrogens (primary N) is 1. The molecule has 60 valence electrons. The Labute approximate surface area is 66.8 Å². The molecule has 0 amide bonds. The monoisotopic (exact) mass is 151 g/mol. The maximum absolute atomic E-state index is 5.51. The molecule has 0 bridgehead atoms. The van der Waals surface area contributed by atoms with Crippen LogP contribution in [0.25, 0.3) is 0 Å². The zero-order valence-corrected chi connectivity index (χ0v) is 6.91. The largest absolute Gasteiger partial charge is 0.384 e. The fourth-order valence-corrected chi connectivity index (χ4v) is 0.857. The molecule has 3 heteroatoms. The number of aromatic nitrogens is 1. The van der Waals surface area contributed by atoms with Crippen LogP contribution in [0, 0.1) is 0 Å². The SMILES string of the molecule is CCN(C)c1ccnc(N)c1. The molecule has 0 radical (unpaired) electrons. The van der Waals surface area contributed by atoms with E-state index in [9.17, 15) is 0 Å². The molecule has 1 rings (SSSR count). The highest BCUT2D eigenvalue weighted by molar-refractivity contribution is 5.51. The van der Waals surface area contributed by atoms with Crippen LogP contribution < -0.4 is 10.6 Å². The molecule has 0 unspecified atom stereocenters. The highest BCUT2D eigenvalue weighted by Gasteiger charge is 1.96. The van der Waals surface area contributed by atoms with Gasteiger partial charge in [0.05, 0.1) is 0 Å². The Morgan fingerprint density at radius 3 is 2.91 bits per heavy atom. The van der Waals surface area contributed by atoms with Gasteiger partial charge in [0.2, 0.25) is 0 Å². The maximum atomic E-state index is 5.51. The Morgan fingerprint density at radius 2 is 2.36 bits per heavy atom. The second kappa shape index (κ2) is 3.23. The molecule has 3 nitrogen and oxygen atoms in total. The first kappa shape index (κ1) is 7.85. The second-order valence-corrected chi connectivity index (χ2v) is 2.45. The Kier molecular flexibility index (Phi) is 2.31. The third-order valence-corrected chi connectivity index (χ3v) is 1.68. The number of anilines is 2. The van der Waals surface area contributed by atoms with Crippen molar-refractivity contribution in [2.75, 3.05) is 24.2 Å². The van der Waals surface area contributed by atoms with Gasteiger partial charge >= 0.3 is 0 Å². The van der Waals surface area contributed by atoms with Crippen molar-refractivity contribution in [2.24, 2.45) is 0 Å². The van der Waals surface area contributed by atoms with Gasteiger partial charge in [0, 0.05) is 31.5 Å². The third-order valence-electron chi connectivity index (χ3n) is 1.68. The van der Waals surface area contributed by atoms with Gasteiger partial charge in [0.1, 0.15) is 5.82 Å². The molecule has 0 aromatic carbocycles. The summed E-state index contributed by atoms with van der Waals surface area (Å²) in [4.78, 5) is 6.02. The normalized spacial score (nSPS) is 9.64. The lowest BCUT2D eigenvalue weighted by Gasteiger charge is -2.16. The summed E-state index contributed by atoms with van der Waals surface area (Å²) < 4.78 is 0. The summed E-state index contributed by atoms with van der Waals surface area (Å²) in [6.45, 7) is 3.07. The predicted octanol–water partition coefficient (Wildman–Crippen LogP) is 1.12. The van der Waals surface area contributed by atoms with Crippen molar-refractivity contribution in [3.05, 3.63) is 18.3 Å².